The van der Waals surface area contributed by atoms with Gasteiger partial charge in [-0.15, -0.1) is 0 Å². The predicted octanol–water partition coefficient (Wildman–Crippen LogP) is 5.63. The molecule has 50 heavy (non-hydrogen) atoms. The van der Waals surface area contributed by atoms with Gasteiger partial charge in [0, 0.05) is 55.3 Å². The molecule has 4 unspecified atom stereocenters. The van der Waals surface area contributed by atoms with Crippen molar-refractivity contribution in [3.63, 3.8) is 0 Å². The zero-order valence-corrected chi connectivity index (χ0v) is 31.4. The van der Waals surface area contributed by atoms with Crippen LogP contribution in [-0.4, -0.2) is 87.0 Å². The van der Waals surface area contributed by atoms with Crippen LogP contribution in [0, 0.1) is 11.8 Å². The lowest BCUT2D eigenvalue weighted by atomic mass is 9.73. The first-order valence-corrected chi connectivity index (χ1v) is 20.8. The highest BCUT2D eigenvalue weighted by Crippen LogP contribution is 2.41. The Morgan fingerprint density at radius 3 is 2.64 bits per heavy atom. The van der Waals surface area contributed by atoms with E-state index in [0.29, 0.717) is 50.4 Å². The maximum absolute atomic E-state index is 14.6. The van der Waals surface area contributed by atoms with E-state index in [1.807, 2.05) is 30.3 Å². The van der Waals surface area contributed by atoms with Crippen LogP contribution in [0.2, 0.25) is 5.02 Å². The Bertz CT molecular complexity index is 1490. The minimum Gasteiger partial charge on any atom is -0.376 e. The van der Waals surface area contributed by atoms with Gasteiger partial charge in [-0.2, -0.15) is 4.31 Å². The molecule has 0 spiro atoms. The summed E-state index contributed by atoms with van der Waals surface area (Å²) in [7, 11) is -3.23. The molecule has 3 N–H and O–H groups in total. The smallest absolute Gasteiger partial charge is 0.238 e. The van der Waals surface area contributed by atoms with Gasteiger partial charge in [0.25, 0.3) is 0 Å². The van der Waals surface area contributed by atoms with Crippen molar-refractivity contribution in [2.75, 3.05) is 38.6 Å². The Balaban J connectivity index is 1.16. The van der Waals surface area contributed by atoms with E-state index in [9.17, 15) is 13.2 Å². The van der Waals surface area contributed by atoms with Gasteiger partial charge < -0.3 is 25.4 Å². The second-order valence-corrected chi connectivity index (χ2v) is 18.1. The van der Waals surface area contributed by atoms with Gasteiger partial charge in [-0.3, -0.25) is 4.79 Å². The van der Waals surface area contributed by atoms with Crippen LogP contribution in [0.3, 0.4) is 0 Å². The zero-order valence-electron chi connectivity index (χ0n) is 29.8. The molecule has 0 aromatic heterocycles. The van der Waals surface area contributed by atoms with Gasteiger partial charge in [-0.25, -0.2) is 8.42 Å². The normalized spacial score (nSPS) is 30.2. The van der Waals surface area contributed by atoms with Crippen LogP contribution in [0.1, 0.15) is 88.7 Å². The van der Waals surface area contributed by atoms with Crippen molar-refractivity contribution in [1.29, 1.82) is 0 Å². The summed E-state index contributed by atoms with van der Waals surface area (Å²) in [5, 5.41) is 11.5. The van der Waals surface area contributed by atoms with Gasteiger partial charge in [-0.05, 0) is 100 Å². The second-order valence-electron chi connectivity index (χ2n) is 15.6. The molecule has 9 nitrogen and oxygen atoms in total. The minimum atomic E-state index is -3.23. The first-order chi connectivity index (χ1) is 24.1. The Morgan fingerprint density at radius 2 is 1.86 bits per heavy atom. The maximum atomic E-state index is 14.6. The molecule has 2 aromatic carbocycles. The summed E-state index contributed by atoms with van der Waals surface area (Å²) in [4.78, 5) is 14.6. The number of amides is 1. The number of nitrogens with zero attached hydrogens (tertiary/aromatic N) is 1. The molecule has 6 rings (SSSR count). The number of hydrogen-bond acceptors (Lipinski definition) is 7. The highest BCUT2D eigenvalue weighted by Gasteiger charge is 2.42. The third kappa shape index (κ3) is 9.88. The SMILES string of the molecule is CC1(C)CC(C(c2ccc(Cl)cc2)C(NCCOCc2ccccc2)C(=O)N[C@H]2CCC[C@@H]2CC[C@H]2CN[C@@H]3CCCS(=O)(=O)N2C3)CCO1. The molecule has 3 heterocycles. The molecular formula is C39H57ClN4O5S. The molecule has 276 valence electrons. The average molecular weight is 729 g/mol. The highest BCUT2D eigenvalue weighted by atomic mass is 35.5. The number of sulfonamides is 1. The summed E-state index contributed by atoms with van der Waals surface area (Å²) in [6.07, 6.45) is 8.09. The van der Waals surface area contributed by atoms with Crippen LogP contribution in [0.25, 0.3) is 0 Å². The van der Waals surface area contributed by atoms with E-state index in [4.69, 9.17) is 21.1 Å². The number of carbonyl (C=O) groups is 1. The third-order valence-electron chi connectivity index (χ3n) is 11.5. The van der Waals surface area contributed by atoms with Crippen molar-refractivity contribution >= 4 is 27.5 Å². The van der Waals surface area contributed by atoms with E-state index in [0.717, 1.165) is 68.9 Å². The maximum Gasteiger partial charge on any atom is 0.238 e. The quantitative estimate of drug-likeness (QED) is 0.216. The van der Waals surface area contributed by atoms with Gasteiger partial charge in [0.2, 0.25) is 15.9 Å². The van der Waals surface area contributed by atoms with Crippen molar-refractivity contribution < 1.29 is 22.7 Å². The lowest BCUT2D eigenvalue weighted by molar-refractivity contribution is -0.126. The molecule has 11 heteroatoms. The molecule has 4 aliphatic rings. The van der Waals surface area contributed by atoms with Crippen molar-refractivity contribution in [1.82, 2.24) is 20.3 Å². The molecule has 1 amide bonds. The molecule has 2 aromatic rings. The van der Waals surface area contributed by atoms with E-state index >= 15 is 0 Å². The molecule has 3 aliphatic heterocycles. The third-order valence-corrected chi connectivity index (χ3v) is 13.7. The molecule has 0 radical (unpaired) electrons. The molecule has 8 atom stereocenters. The molecule has 1 aliphatic carbocycles. The van der Waals surface area contributed by atoms with Crippen LogP contribution < -0.4 is 16.0 Å². The summed E-state index contributed by atoms with van der Waals surface area (Å²) >= 11 is 6.35. The minimum absolute atomic E-state index is 0.0199. The van der Waals surface area contributed by atoms with Gasteiger partial charge in [0.05, 0.1) is 30.6 Å². The first kappa shape index (κ1) is 37.7. The molecule has 1 saturated carbocycles. The van der Waals surface area contributed by atoms with Crippen LogP contribution >= 0.6 is 11.6 Å². The fourth-order valence-corrected chi connectivity index (χ4v) is 10.9. The second kappa shape index (κ2) is 17.2. The van der Waals surface area contributed by atoms with Crippen molar-refractivity contribution in [3.8, 4) is 0 Å². The summed E-state index contributed by atoms with van der Waals surface area (Å²) in [6, 6.07) is 17.9. The Kier molecular flexibility index (Phi) is 13.0. The van der Waals surface area contributed by atoms with Crippen molar-refractivity contribution in [2.24, 2.45) is 11.8 Å². The van der Waals surface area contributed by atoms with Crippen LogP contribution in [0.4, 0.5) is 0 Å². The Labute approximate surface area is 304 Å². The van der Waals surface area contributed by atoms with Crippen molar-refractivity contribution in [2.45, 2.75) is 114 Å². The number of carbonyl (C=O) groups excluding carboxylic acids is 1. The van der Waals surface area contributed by atoms with E-state index in [2.05, 4.69) is 54.1 Å². The molecular weight excluding hydrogens is 672 g/mol. The number of nitrogens with one attached hydrogen (secondary N) is 3. The van der Waals surface area contributed by atoms with Gasteiger partial charge in [0.1, 0.15) is 0 Å². The number of fused-ring (bicyclic) bond motifs is 2. The number of benzene rings is 2. The van der Waals surface area contributed by atoms with E-state index in [-0.39, 0.29) is 47.2 Å². The number of halogens is 1. The van der Waals surface area contributed by atoms with Crippen LogP contribution in [0.5, 0.6) is 0 Å². The largest absolute Gasteiger partial charge is 0.376 e. The lowest BCUT2D eigenvalue weighted by Crippen LogP contribution is -2.57. The summed E-state index contributed by atoms with van der Waals surface area (Å²) in [5.41, 5.74) is 1.94. The fourth-order valence-electron chi connectivity index (χ4n) is 8.94. The van der Waals surface area contributed by atoms with Gasteiger partial charge in [-0.1, -0.05) is 60.5 Å². The average Bonchev–Trinajstić information content (AvgIpc) is 3.49. The van der Waals surface area contributed by atoms with Crippen molar-refractivity contribution in [3.05, 3.63) is 70.7 Å². The number of piperazine rings is 1. The number of ether oxygens (including phenoxy) is 2. The van der Waals surface area contributed by atoms with Crippen LogP contribution in [0.15, 0.2) is 54.6 Å². The fraction of sp³-hybridized carbons (Fsp3) is 0.667. The molecule has 2 bridgehead atoms. The standard InChI is InChI=1S/C39H57ClN4O5S/c1-39(2)24-31(19-21-49-39)36(30-13-16-32(40)17-14-30)37(41-20-22-48-27-28-8-4-3-5-9-28)38(45)43-35-12-6-10-29(35)15-18-34-25-42-33-11-7-23-50(46,47)44(34)26-33/h3-5,8-9,13-14,16-17,29,31,33-37,41-42H,6-7,10-12,15,18-27H2,1-2H3,(H,43,45)/t29-,31?,33-,34+,35+,36?,37?/m1/s1. The van der Waals surface area contributed by atoms with E-state index in [1.165, 1.54) is 0 Å². The number of hydrogen-bond donors (Lipinski definition) is 3. The van der Waals surface area contributed by atoms with E-state index in [1.54, 1.807) is 4.31 Å². The van der Waals surface area contributed by atoms with Crippen LogP contribution in [-0.2, 0) is 30.9 Å². The zero-order chi connectivity index (χ0) is 35.1. The monoisotopic (exact) mass is 728 g/mol. The topological polar surface area (TPSA) is 109 Å². The molecule has 3 saturated heterocycles. The Morgan fingerprint density at radius 1 is 1.06 bits per heavy atom. The Hall–Kier alpha value is -2.05. The summed E-state index contributed by atoms with van der Waals surface area (Å²) < 4.78 is 40.1. The number of rotatable bonds is 14. The summed E-state index contributed by atoms with van der Waals surface area (Å²) in [5.74, 6) is 0.725. The predicted molar refractivity (Wildman–Crippen MR) is 199 cm³/mol. The van der Waals surface area contributed by atoms with E-state index < -0.39 is 16.1 Å². The van der Waals surface area contributed by atoms with Gasteiger partial charge in [0.15, 0.2) is 0 Å². The van der Waals surface area contributed by atoms with Gasteiger partial charge >= 0.3 is 0 Å². The molecule has 4 fully saturated rings. The lowest BCUT2D eigenvalue weighted by Gasteiger charge is -2.42. The highest BCUT2D eigenvalue weighted by molar-refractivity contribution is 7.89. The first-order valence-electron chi connectivity index (χ1n) is 18.9. The summed E-state index contributed by atoms with van der Waals surface area (Å²) in [6.45, 7) is 7.76.